The molecule has 0 N–H and O–H groups in total. The van der Waals surface area contributed by atoms with E-state index in [1.807, 2.05) is 59.1 Å². The molecular weight excluding hydrogens is 647 g/mol. The van der Waals surface area contributed by atoms with Crippen molar-refractivity contribution < 1.29 is 0 Å². The van der Waals surface area contributed by atoms with Crippen LogP contribution in [0.25, 0.3) is 96.8 Å². The standard InChI is InChI=1S/C45H27N3S2/c1-3-12-28(13-4-1)43-46-44(29-14-5-2-6-15-29)48-45(47-43)35-25-23-30(32-18-11-21-40-42(32)36-17-8-10-20-39(36)49-40)26-37(35)31-22-24-34-33-16-7-9-19-38(33)50-41(34)27-31/h1-27H. The normalized spacial score (nSPS) is 11.6. The molecule has 0 saturated heterocycles. The molecule has 0 aliphatic rings. The maximum Gasteiger partial charge on any atom is 0.164 e. The molecule has 0 radical (unpaired) electrons. The minimum Gasteiger partial charge on any atom is -0.208 e. The van der Waals surface area contributed by atoms with E-state index < -0.39 is 0 Å². The van der Waals surface area contributed by atoms with Gasteiger partial charge in [0.2, 0.25) is 0 Å². The van der Waals surface area contributed by atoms with E-state index >= 15 is 0 Å². The number of hydrogen-bond acceptors (Lipinski definition) is 5. The molecule has 0 aliphatic heterocycles. The highest BCUT2D eigenvalue weighted by Gasteiger charge is 2.19. The molecule has 0 aliphatic carbocycles. The summed E-state index contributed by atoms with van der Waals surface area (Å²) < 4.78 is 5.14. The van der Waals surface area contributed by atoms with Crippen molar-refractivity contribution in [1.82, 2.24) is 15.0 Å². The molecule has 10 aromatic rings. The fourth-order valence-corrected chi connectivity index (χ4v) is 9.26. The first-order valence-electron chi connectivity index (χ1n) is 16.6. The number of rotatable bonds is 5. The third kappa shape index (κ3) is 4.90. The van der Waals surface area contributed by atoms with E-state index in [1.54, 1.807) is 0 Å². The van der Waals surface area contributed by atoms with Gasteiger partial charge in [-0.15, -0.1) is 22.7 Å². The Hall–Kier alpha value is -6.01. The van der Waals surface area contributed by atoms with Gasteiger partial charge in [0.25, 0.3) is 0 Å². The van der Waals surface area contributed by atoms with Crippen LogP contribution in [-0.2, 0) is 0 Å². The third-order valence-corrected chi connectivity index (χ3v) is 11.6. The molecule has 0 bridgehead atoms. The molecule has 7 aromatic carbocycles. The fraction of sp³-hybridized carbons (Fsp3) is 0. The number of hydrogen-bond donors (Lipinski definition) is 0. The van der Waals surface area contributed by atoms with Gasteiger partial charge >= 0.3 is 0 Å². The zero-order valence-electron chi connectivity index (χ0n) is 26.7. The van der Waals surface area contributed by atoms with Gasteiger partial charge in [-0.25, -0.2) is 15.0 Å². The Balaban J connectivity index is 1.24. The number of aromatic nitrogens is 3. The van der Waals surface area contributed by atoms with Crippen LogP contribution in [0.2, 0.25) is 0 Å². The maximum absolute atomic E-state index is 5.15. The summed E-state index contributed by atoms with van der Waals surface area (Å²) in [7, 11) is 0. The highest BCUT2D eigenvalue weighted by atomic mass is 32.1. The fourth-order valence-electron chi connectivity index (χ4n) is 6.98. The molecule has 0 fully saturated rings. The van der Waals surface area contributed by atoms with Gasteiger partial charge in [0.15, 0.2) is 17.5 Å². The summed E-state index contributed by atoms with van der Waals surface area (Å²) in [4.78, 5) is 15.3. The summed E-state index contributed by atoms with van der Waals surface area (Å²) in [6.07, 6.45) is 0. The van der Waals surface area contributed by atoms with Gasteiger partial charge in [-0.3, -0.25) is 0 Å². The first kappa shape index (κ1) is 29.0. The second kappa shape index (κ2) is 11.8. The molecule has 50 heavy (non-hydrogen) atoms. The average molecular weight is 674 g/mol. The predicted octanol–water partition coefficient (Wildman–Crippen LogP) is 12.9. The molecule has 3 aromatic heterocycles. The largest absolute Gasteiger partial charge is 0.208 e. The Morgan fingerprint density at radius 3 is 1.58 bits per heavy atom. The monoisotopic (exact) mass is 673 g/mol. The molecule has 3 nitrogen and oxygen atoms in total. The van der Waals surface area contributed by atoms with Crippen LogP contribution in [0.3, 0.4) is 0 Å². The van der Waals surface area contributed by atoms with Gasteiger partial charge in [0.1, 0.15) is 0 Å². The van der Waals surface area contributed by atoms with Gasteiger partial charge in [-0.2, -0.15) is 0 Å². The van der Waals surface area contributed by atoms with Gasteiger partial charge in [0.05, 0.1) is 0 Å². The third-order valence-electron chi connectivity index (χ3n) is 9.36. The lowest BCUT2D eigenvalue weighted by Gasteiger charge is -2.15. The van der Waals surface area contributed by atoms with Crippen LogP contribution in [0.1, 0.15) is 0 Å². The predicted molar refractivity (Wildman–Crippen MR) is 213 cm³/mol. The minimum absolute atomic E-state index is 0.648. The molecule has 5 heteroatoms. The molecule has 0 unspecified atom stereocenters. The zero-order valence-corrected chi connectivity index (χ0v) is 28.4. The van der Waals surface area contributed by atoms with Crippen molar-refractivity contribution in [3.05, 3.63) is 164 Å². The summed E-state index contributed by atoms with van der Waals surface area (Å²) >= 11 is 3.68. The van der Waals surface area contributed by atoms with Crippen molar-refractivity contribution in [2.24, 2.45) is 0 Å². The number of nitrogens with zero attached hydrogens (tertiary/aromatic N) is 3. The summed E-state index contributed by atoms with van der Waals surface area (Å²) in [6, 6.07) is 58.0. The first-order chi connectivity index (χ1) is 24.8. The molecule has 10 rings (SSSR count). The Morgan fingerprint density at radius 1 is 0.300 bits per heavy atom. The summed E-state index contributed by atoms with van der Waals surface area (Å²) in [5, 5.41) is 5.16. The highest BCUT2D eigenvalue weighted by molar-refractivity contribution is 7.26. The average Bonchev–Trinajstić information content (AvgIpc) is 3.76. The van der Waals surface area contributed by atoms with Crippen molar-refractivity contribution in [2.75, 3.05) is 0 Å². The van der Waals surface area contributed by atoms with Gasteiger partial charge in [-0.1, -0.05) is 127 Å². The van der Waals surface area contributed by atoms with Crippen LogP contribution in [0.15, 0.2) is 164 Å². The second-order valence-electron chi connectivity index (χ2n) is 12.4. The number of benzene rings is 7. The van der Waals surface area contributed by atoms with E-state index in [0.29, 0.717) is 17.5 Å². The lowest BCUT2D eigenvalue weighted by molar-refractivity contribution is 1.07. The number of fused-ring (bicyclic) bond motifs is 6. The Kier molecular flexibility index (Phi) is 6.86. The summed E-state index contributed by atoms with van der Waals surface area (Å²) in [6.45, 7) is 0. The van der Waals surface area contributed by atoms with Crippen molar-refractivity contribution in [2.45, 2.75) is 0 Å². The second-order valence-corrected chi connectivity index (χ2v) is 14.6. The lowest BCUT2D eigenvalue weighted by Crippen LogP contribution is -2.01. The molecule has 3 heterocycles. The quantitative estimate of drug-likeness (QED) is 0.182. The molecule has 234 valence electrons. The van der Waals surface area contributed by atoms with Crippen molar-refractivity contribution in [3.8, 4) is 56.4 Å². The van der Waals surface area contributed by atoms with Crippen molar-refractivity contribution >= 4 is 63.0 Å². The van der Waals surface area contributed by atoms with E-state index in [9.17, 15) is 0 Å². The van der Waals surface area contributed by atoms with Crippen LogP contribution < -0.4 is 0 Å². The molecule has 0 saturated carbocycles. The van der Waals surface area contributed by atoms with Crippen LogP contribution in [0.5, 0.6) is 0 Å². The van der Waals surface area contributed by atoms with Gasteiger partial charge in [-0.05, 0) is 58.7 Å². The van der Waals surface area contributed by atoms with E-state index in [4.69, 9.17) is 15.0 Å². The van der Waals surface area contributed by atoms with E-state index in [2.05, 4.69) is 127 Å². The topological polar surface area (TPSA) is 38.7 Å². The number of thiophene rings is 2. The van der Waals surface area contributed by atoms with Crippen LogP contribution in [0.4, 0.5) is 0 Å². The van der Waals surface area contributed by atoms with Crippen LogP contribution in [-0.4, -0.2) is 15.0 Å². The molecule has 0 amide bonds. The van der Waals surface area contributed by atoms with E-state index in [0.717, 1.165) is 33.4 Å². The van der Waals surface area contributed by atoms with Crippen LogP contribution in [0, 0.1) is 0 Å². The SMILES string of the molecule is c1ccc(-c2nc(-c3ccccc3)nc(-c3ccc(-c4cccc5sc6ccccc6c45)cc3-c3ccc4c(c3)sc3ccccc34)n2)cc1. The molecule has 0 atom stereocenters. The summed E-state index contributed by atoms with van der Waals surface area (Å²) in [5.74, 6) is 1.95. The first-order valence-corrected chi connectivity index (χ1v) is 18.2. The Labute approximate surface area is 296 Å². The smallest absolute Gasteiger partial charge is 0.164 e. The summed E-state index contributed by atoms with van der Waals surface area (Å²) in [5.41, 5.74) is 7.47. The van der Waals surface area contributed by atoms with E-state index in [1.165, 1.54) is 45.9 Å². The molecular formula is C45H27N3S2. The minimum atomic E-state index is 0.648. The molecule has 0 spiro atoms. The van der Waals surface area contributed by atoms with Crippen molar-refractivity contribution in [1.29, 1.82) is 0 Å². The maximum atomic E-state index is 5.15. The lowest BCUT2D eigenvalue weighted by atomic mass is 9.92. The van der Waals surface area contributed by atoms with Gasteiger partial charge < -0.3 is 0 Å². The van der Waals surface area contributed by atoms with Crippen molar-refractivity contribution in [3.63, 3.8) is 0 Å². The van der Waals surface area contributed by atoms with Crippen LogP contribution >= 0.6 is 22.7 Å². The highest BCUT2D eigenvalue weighted by Crippen LogP contribution is 2.44. The van der Waals surface area contributed by atoms with E-state index in [-0.39, 0.29) is 0 Å². The zero-order chi connectivity index (χ0) is 33.0. The van der Waals surface area contributed by atoms with Gasteiger partial charge in [0, 0.05) is 57.0 Å². The Bertz CT molecular complexity index is 2810. The Morgan fingerprint density at radius 2 is 0.840 bits per heavy atom.